The monoisotopic (exact) mass is 656 g/mol. The third-order valence-corrected chi connectivity index (χ3v) is 12.4. The van der Waals surface area contributed by atoms with Crippen LogP contribution in [0.4, 0.5) is 11.4 Å². The SMILES string of the molecule is CCN(CC)c1ccc(C2=C(O)/C(=C3\C(=O)N(C(C4CCCCC4)C4CCCCC4)N=C3C)C2=O)c(NC(=O)C(C)(C)C2CCCC2)c1. The number of hydrazone groups is 1. The first kappa shape index (κ1) is 34.4. The highest BCUT2D eigenvalue weighted by atomic mass is 16.3. The van der Waals surface area contributed by atoms with Crippen LogP contribution < -0.4 is 10.2 Å². The van der Waals surface area contributed by atoms with E-state index in [1.165, 1.54) is 38.5 Å². The van der Waals surface area contributed by atoms with Crippen LogP contribution in [0.15, 0.2) is 40.2 Å². The molecule has 8 nitrogen and oxygen atoms in total. The number of nitrogens with one attached hydrogen (secondary N) is 1. The molecule has 0 aromatic heterocycles. The van der Waals surface area contributed by atoms with E-state index >= 15 is 0 Å². The van der Waals surface area contributed by atoms with Crippen molar-refractivity contribution in [2.75, 3.05) is 23.3 Å². The molecular formula is C40H56N4O4. The molecule has 0 saturated heterocycles. The molecule has 2 amide bonds. The Hall–Kier alpha value is -3.42. The summed E-state index contributed by atoms with van der Waals surface area (Å²) in [6.45, 7) is 11.5. The van der Waals surface area contributed by atoms with Gasteiger partial charge in [0.2, 0.25) is 11.7 Å². The number of ketones is 1. The minimum absolute atomic E-state index is 0.0320. The lowest BCUT2D eigenvalue weighted by Crippen LogP contribution is -2.46. The summed E-state index contributed by atoms with van der Waals surface area (Å²) >= 11 is 0. The molecule has 260 valence electrons. The second-order valence-corrected chi connectivity index (χ2v) is 15.5. The summed E-state index contributed by atoms with van der Waals surface area (Å²) in [4.78, 5) is 44.4. The second kappa shape index (κ2) is 14.2. The third-order valence-electron chi connectivity index (χ3n) is 12.4. The maximum Gasteiger partial charge on any atom is 0.277 e. The lowest BCUT2D eigenvalue weighted by atomic mass is 9.73. The van der Waals surface area contributed by atoms with E-state index in [1.54, 1.807) is 11.9 Å². The van der Waals surface area contributed by atoms with Crippen molar-refractivity contribution in [2.45, 2.75) is 131 Å². The van der Waals surface area contributed by atoms with Gasteiger partial charge in [-0.3, -0.25) is 14.4 Å². The number of rotatable bonds is 10. The Kier molecular flexibility index (Phi) is 10.2. The number of allylic oxidation sites excluding steroid dienone is 2. The fourth-order valence-electron chi connectivity index (χ4n) is 9.39. The first-order valence-electron chi connectivity index (χ1n) is 18.9. The summed E-state index contributed by atoms with van der Waals surface area (Å²) in [5, 5.41) is 21.3. The van der Waals surface area contributed by atoms with E-state index in [0.29, 0.717) is 34.7 Å². The van der Waals surface area contributed by atoms with E-state index in [2.05, 4.69) is 24.1 Å². The maximum absolute atomic E-state index is 14.3. The Morgan fingerprint density at radius 1 is 0.896 bits per heavy atom. The average molecular weight is 657 g/mol. The molecule has 1 heterocycles. The minimum atomic E-state index is -0.577. The number of aliphatic hydroxyl groups is 1. The van der Waals surface area contributed by atoms with Gasteiger partial charge in [-0.25, -0.2) is 5.01 Å². The molecule has 1 aromatic rings. The van der Waals surface area contributed by atoms with Crippen molar-refractivity contribution in [1.82, 2.24) is 5.01 Å². The van der Waals surface area contributed by atoms with Crippen LogP contribution in [0.3, 0.4) is 0 Å². The molecule has 0 bridgehead atoms. The van der Waals surface area contributed by atoms with E-state index in [1.807, 2.05) is 32.0 Å². The lowest BCUT2D eigenvalue weighted by molar-refractivity contribution is -0.131. The summed E-state index contributed by atoms with van der Waals surface area (Å²) < 4.78 is 0. The zero-order valence-corrected chi connectivity index (χ0v) is 29.9. The minimum Gasteiger partial charge on any atom is -0.506 e. The molecular weight excluding hydrogens is 600 g/mol. The molecule has 0 spiro atoms. The van der Waals surface area contributed by atoms with E-state index in [9.17, 15) is 19.5 Å². The predicted molar refractivity (Wildman–Crippen MR) is 193 cm³/mol. The lowest BCUT2D eigenvalue weighted by Gasteiger charge is -2.41. The topological polar surface area (TPSA) is 102 Å². The van der Waals surface area contributed by atoms with Crippen LogP contribution in [0.5, 0.6) is 0 Å². The molecule has 0 atom stereocenters. The van der Waals surface area contributed by atoms with E-state index < -0.39 is 5.41 Å². The summed E-state index contributed by atoms with van der Waals surface area (Å²) in [5.41, 5.74) is 2.27. The number of carbonyl (C=O) groups is 3. The number of anilines is 2. The van der Waals surface area contributed by atoms with Crippen LogP contribution in [0.2, 0.25) is 0 Å². The molecule has 0 unspecified atom stereocenters. The van der Waals surface area contributed by atoms with Crippen molar-refractivity contribution in [2.24, 2.45) is 28.3 Å². The molecule has 3 fully saturated rings. The third kappa shape index (κ3) is 6.24. The standard InChI is InChI=1S/C40H56N4O4/c1-6-43(7-2)29-22-23-30(31(24-29)41-39(48)40(4,5)28-20-14-15-21-28)33-36(45)34(37(33)46)32-25(3)42-44(38(32)47)35(26-16-10-8-11-17-26)27-18-12-9-13-19-27/h22-24,26-28,35,45H,6-21H2,1-5H3,(H,41,48)/b34-32+. The molecule has 8 heteroatoms. The number of Topliss-reactive ketones (excluding diaryl/α,β-unsaturated/α-hetero) is 1. The van der Waals surface area contributed by atoms with Gasteiger partial charge in [-0.2, -0.15) is 5.10 Å². The second-order valence-electron chi connectivity index (χ2n) is 15.5. The largest absolute Gasteiger partial charge is 0.506 e. The number of amides is 2. The van der Waals surface area contributed by atoms with Crippen molar-refractivity contribution >= 4 is 40.3 Å². The molecule has 4 aliphatic carbocycles. The average Bonchev–Trinajstić information content (AvgIpc) is 3.74. The van der Waals surface area contributed by atoms with Crippen molar-refractivity contribution in [1.29, 1.82) is 0 Å². The molecule has 1 aromatic carbocycles. The normalized spacial score (nSPS) is 23.3. The molecule has 3 saturated carbocycles. The van der Waals surface area contributed by atoms with Crippen LogP contribution in [0.25, 0.3) is 5.57 Å². The highest BCUT2D eigenvalue weighted by molar-refractivity contribution is 6.44. The van der Waals surface area contributed by atoms with Gasteiger partial charge in [-0.05, 0) is 95.2 Å². The van der Waals surface area contributed by atoms with Crippen LogP contribution >= 0.6 is 0 Å². The first-order chi connectivity index (χ1) is 23.1. The zero-order valence-electron chi connectivity index (χ0n) is 29.9. The van der Waals surface area contributed by atoms with Gasteiger partial charge in [-0.1, -0.05) is 65.2 Å². The number of carbonyl (C=O) groups excluding carboxylic acids is 3. The van der Waals surface area contributed by atoms with Crippen molar-refractivity contribution < 1.29 is 19.5 Å². The van der Waals surface area contributed by atoms with E-state index in [-0.39, 0.29) is 46.1 Å². The summed E-state index contributed by atoms with van der Waals surface area (Å²) in [6.07, 6.45) is 16.0. The van der Waals surface area contributed by atoms with Crippen LogP contribution in [-0.2, 0) is 14.4 Å². The molecule has 1 aliphatic heterocycles. The van der Waals surface area contributed by atoms with Gasteiger partial charge in [0.05, 0.1) is 34.2 Å². The summed E-state index contributed by atoms with van der Waals surface area (Å²) in [6, 6.07) is 5.71. The molecule has 0 radical (unpaired) electrons. The summed E-state index contributed by atoms with van der Waals surface area (Å²) in [5.74, 6) is 0.212. The van der Waals surface area contributed by atoms with Gasteiger partial charge in [0, 0.05) is 29.8 Å². The van der Waals surface area contributed by atoms with Gasteiger partial charge in [0.15, 0.2) is 0 Å². The maximum atomic E-state index is 14.3. The summed E-state index contributed by atoms with van der Waals surface area (Å²) in [7, 11) is 0. The molecule has 48 heavy (non-hydrogen) atoms. The zero-order chi connectivity index (χ0) is 34.2. The Bertz CT molecular complexity index is 1500. The highest BCUT2D eigenvalue weighted by Gasteiger charge is 2.47. The Labute approximate surface area is 287 Å². The predicted octanol–water partition coefficient (Wildman–Crippen LogP) is 8.58. The number of hydrogen-bond donors (Lipinski definition) is 2. The van der Waals surface area contributed by atoms with Crippen LogP contribution in [0, 0.1) is 23.2 Å². The molecule has 5 aliphatic rings. The van der Waals surface area contributed by atoms with Gasteiger partial charge < -0.3 is 15.3 Å². The number of benzene rings is 1. The van der Waals surface area contributed by atoms with E-state index in [4.69, 9.17) is 5.10 Å². The van der Waals surface area contributed by atoms with Gasteiger partial charge in [0.25, 0.3) is 5.91 Å². The Morgan fingerprint density at radius 3 is 2.00 bits per heavy atom. The quantitative estimate of drug-likeness (QED) is 0.246. The first-order valence-corrected chi connectivity index (χ1v) is 18.9. The van der Waals surface area contributed by atoms with Crippen molar-refractivity contribution in [3.05, 3.63) is 40.7 Å². The van der Waals surface area contributed by atoms with Crippen molar-refractivity contribution in [3.63, 3.8) is 0 Å². The van der Waals surface area contributed by atoms with Gasteiger partial charge in [-0.15, -0.1) is 0 Å². The van der Waals surface area contributed by atoms with Gasteiger partial charge >= 0.3 is 0 Å². The molecule has 2 N–H and O–H groups in total. The number of hydrogen-bond acceptors (Lipinski definition) is 6. The van der Waals surface area contributed by atoms with Gasteiger partial charge in [0.1, 0.15) is 5.76 Å². The van der Waals surface area contributed by atoms with Crippen molar-refractivity contribution in [3.8, 4) is 0 Å². The Morgan fingerprint density at radius 2 is 1.46 bits per heavy atom. The van der Waals surface area contributed by atoms with Crippen LogP contribution in [0.1, 0.15) is 130 Å². The van der Waals surface area contributed by atoms with E-state index in [0.717, 1.165) is 70.1 Å². The number of nitrogens with zero attached hydrogens (tertiary/aromatic N) is 3. The smallest absolute Gasteiger partial charge is 0.277 e. The van der Waals surface area contributed by atoms with Crippen LogP contribution in [-0.4, -0.2) is 52.6 Å². The fraction of sp³-hybridized carbons (Fsp3) is 0.650. The molecule has 6 rings (SSSR count). The Balaban J connectivity index is 1.35. The highest BCUT2D eigenvalue weighted by Crippen LogP contribution is 2.46. The fourth-order valence-corrected chi connectivity index (χ4v) is 9.39. The number of aliphatic hydroxyl groups excluding tert-OH is 1.